The number of benzene rings is 1. The van der Waals surface area contributed by atoms with E-state index in [0.717, 1.165) is 15.7 Å². The minimum Gasteiger partial charge on any atom is -0.334 e. The molecule has 0 bridgehead atoms. The van der Waals surface area contributed by atoms with Crippen LogP contribution in [0.15, 0.2) is 30.6 Å². The summed E-state index contributed by atoms with van der Waals surface area (Å²) in [7, 11) is 1.58. The van der Waals surface area contributed by atoms with E-state index < -0.39 is 6.55 Å². The van der Waals surface area contributed by atoms with Crippen LogP contribution in [0.2, 0.25) is 0 Å². The summed E-state index contributed by atoms with van der Waals surface area (Å²) in [5.41, 5.74) is 2.49. The van der Waals surface area contributed by atoms with Crippen LogP contribution in [0.3, 0.4) is 0 Å². The maximum atomic E-state index is 12.8. The quantitative estimate of drug-likeness (QED) is 0.868. The Bertz CT molecular complexity index is 652. The molecular weight excluding hydrogens is 276 g/mol. The van der Waals surface area contributed by atoms with Gasteiger partial charge in [-0.3, -0.25) is 9.36 Å². The molecule has 0 N–H and O–H groups in total. The Hall–Kier alpha value is -2.24. The Labute approximate surface area is 122 Å². The number of hydrogen-bond acceptors (Lipinski definition) is 2. The first-order chi connectivity index (χ1) is 9.91. The molecule has 2 rings (SSSR count). The number of rotatable bonds is 4. The molecule has 0 atom stereocenters. The lowest BCUT2D eigenvalue weighted by Gasteiger charge is -2.19. The van der Waals surface area contributed by atoms with Gasteiger partial charge in [0, 0.05) is 25.0 Å². The van der Waals surface area contributed by atoms with E-state index in [0.29, 0.717) is 5.56 Å². The zero-order chi connectivity index (χ0) is 15.6. The third kappa shape index (κ3) is 3.09. The molecule has 0 radical (unpaired) electrons. The molecular formula is C15H17F2N3O. The van der Waals surface area contributed by atoms with E-state index in [1.54, 1.807) is 13.1 Å². The molecule has 112 valence electrons. The summed E-state index contributed by atoms with van der Waals surface area (Å²) in [6, 6.07) is 5.47. The van der Waals surface area contributed by atoms with Gasteiger partial charge in [-0.25, -0.2) is 4.98 Å². The highest BCUT2D eigenvalue weighted by Crippen LogP contribution is 2.17. The molecule has 1 aromatic heterocycles. The van der Waals surface area contributed by atoms with E-state index in [1.165, 1.54) is 17.3 Å². The Balaban J connectivity index is 2.20. The van der Waals surface area contributed by atoms with E-state index in [1.807, 2.05) is 26.0 Å². The van der Waals surface area contributed by atoms with Crippen LogP contribution >= 0.6 is 0 Å². The van der Waals surface area contributed by atoms with Gasteiger partial charge < -0.3 is 4.90 Å². The highest BCUT2D eigenvalue weighted by molar-refractivity contribution is 5.95. The van der Waals surface area contributed by atoms with Crippen LogP contribution in [0.1, 0.15) is 33.9 Å². The third-order valence-electron chi connectivity index (χ3n) is 3.52. The molecule has 0 aliphatic heterocycles. The van der Waals surface area contributed by atoms with Gasteiger partial charge in [-0.2, -0.15) is 8.78 Å². The van der Waals surface area contributed by atoms with Crippen molar-refractivity contribution in [3.05, 3.63) is 53.1 Å². The minimum absolute atomic E-state index is 0.0313. The normalized spacial score (nSPS) is 11.0. The number of imidazole rings is 1. The van der Waals surface area contributed by atoms with Gasteiger partial charge in [0.1, 0.15) is 5.82 Å². The number of carbonyl (C=O) groups is 1. The molecule has 1 amide bonds. The molecule has 6 heteroatoms. The average Bonchev–Trinajstić information content (AvgIpc) is 2.89. The van der Waals surface area contributed by atoms with Crippen LogP contribution in [0.4, 0.5) is 8.78 Å². The van der Waals surface area contributed by atoms with Crippen molar-refractivity contribution >= 4 is 5.91 Å². The number of hydrogen-bond donors (Lipinski definition) is 0. The second-order valence-electron chi connectivity index (χ2n) is 4.94. The van der Waals surface area contributed by atoms with Crippen LogP contribution in [0.25, 0.3) is 0 Å². The van der Waals surface area contributed by atoms with Gasteiger partial charge in [0.25, 0.3) is 5.91 Å². The molecule has 0 aliphatic carbocycles. The number of amides is 1. The zero-order valence-corrected chi connectivity index (χ0v) is 12.2. The molecule has 0 spiro atoms. The van der Waals surface area contributed by atoms with Crippen molar-refractivity contribution in [1.82, 2.24) is 14.5 Å². The number of aromatic nitrogens is 2. The molecule has 0 saturated carbocycles. The zero-order valence-electron chi connectivity index (χ0n) is 12.2. The number of halogens is 2. The van der Waals surface area contributed by atoms with Crippen molar-refractivity contribution in [3.63, 3.8) is 0 Å². The third-order valence-corrected chi connectivity index (χ3v) is 3.52. The van der Waals surface area contributed by atoms with Crippen molar-refractivity contribution in [2.75, 3.05) is 7.05 Å². The molecule has 1 heterocycles. The highest BCUT2D eigenvalue weighted by Gasteiger charge is 2.18. The van der Waals surface area contributed by atoms with Crippen LogP contribution in [-0.2, 0) is 6.54 Å². The highest BCUT2D eigenvalue weighted by atomic mass is 19.3. The second kappa shape index (κ2) is 6.03. The number of nitrogens with zero attached hydrogens (tertiary/aromatic N) is 3. The predicted octanol–water partition coefficient (Wildman–Crippen LogP) is 3.17. The standard InChI is InChI=1S/C15H17F2N3O/c1-10-5-4-6-12(11(10)2)14(21)19(3)9-13-18-7-8-20(13)15(16)17/h4-8,15H,9H2,1-3H3. The Morgan fingerprint density at radius 2 is 2.10 bits per heavy atom. The SMILES string of the molecule is Cc1cccc(C(=O)N(C)Cc2nccn2C(F)F)c1C. The largest absolute Gasteiger partial charge is 0.334 e. The Morgan fingerprint density at radius 1 is 1.38 bits per heavy atom. The summed E-state index contributed by atoms with van der Waals surface area (Å²) in [6.45, 7) is 1.17. The summed E-state index contributed by atoms with van der Waals surface area (Å²) < 4.78 is 26.3. The van der Waals surface area contributed by atoms with Crippen molar-refractivity contribution in [2.24, 2.45) is 0 Å². The monoisotopic (exact) mass is 293 g/mol. The Morgan fingerprint density at radius 3 is 2.76 bits per heavy atom. The first-order valence-corrected chi connectivity index (χ1v) is 6.53. The molecule has 0 unspecified atom stereocenters. The van der Waals surface area contributed by atoms with E-state index >= 15 is 0 Å². The molecule has 0 saturated heterocycles. The lowest BCUT2D eigenvalue weighted by molar-refractivity contribution is 0.0612. The van der Waals surface area contributed by atoms with E-state index in [4.69, 9.17) is 0 Å². The van der Waals surface area contributed by atoms with Gasteiger partial charge in [-0.1, -0.05) is 12.1 Å². The summed E-state index contributed by atoms with van der Waals surface area (Å²) in [5.74, 6) is -0.0498. The first-order valence-electron chi connectivity index (χ1n) is 6.53. The van der Waals surface area contributed by atoms with Crippen molar-refractivity contribution in [1.29, 1.82) is 0 Å². The maximum absolute atomic E-state index is 12.8. The number of carbonyl (C=O) groups excluding carboxylic acids is 1. The summed E-state index contributed by atoms with van der Waals surface area (Å²) in [6.07, 6.45) is 2.51. The van der Waals surface area contributed by atoms with E-state index in [9.17, 15) is 13.6 Å². The van der Waals surface area contributed by atoms with Gasteiger partial charge in [-0.05, 0) is 31.0 Å². The van der Waals surface area contributed by atoms with Crippen LogP contribution in [-0.4, -0.2) is 27.4 Å². The molecule has 0 fully saturated rings. The van der Waals surface area contributed by atoms with Gasteiger partial charge >= 0.3 is 6.55 Å². The van der Waals surface area contributed by atoms with Crippen molar-refractivity contribution in [2.45, 2.75) is 26.9 Å². The van der Waals surface area contributed by atoms with Crippen molar-refractivity contribution in [3.8, 4) is 0 Å². The Kier molecular flexibility index (Phi) is 4.35. The second-order valence-corrected chi connectivity index (χ2v) is 4.94. The summed E-state index contributed by atoms with van der Waals surface area (Å²) >= 11 is 0. The summed E-state index contributed by atoms with van der Waals surface area (Å²) in [5, 5.41) is 0. The van der Waals surface area contributed by atoms with Gasteiger partial charge in [-0.15, -0.1) is 0 Å². The lowest BCUT2D eigenvalue weighted by atomic mass is 10.0. The number of aryl methyl sites for hydroxylation is 1. The lowest BCUT2D eigenvalue weighted by Crippen LogP contribution is -2.28. The van der Waals surface area contributed by atoms with E-state index in [-0.39, 0.29) is 18.3 Å². The van der Waals surface area contributed by atoms with Crippen molar-refractivity contribution < 1.29 is 13.6 Å². The molecule has 2 aromatic rings. The molecule has 21 heavy (non-hydrogen) atoms. The topological polar surface area (TPSA) is 38.1 Å². The predicted molar refractivity (Wildman–Crippen MR) is 75.2 cm³/mol. The fourth-order valence-electron chi connectivity index (χ4n) is 2.12. The minimum atomic E-state index is -2.66. The number of alkyl halides is 2. The average molecular weight is 293 g/mol. The first kappa shape index (κ1) is 15.2. The van der Waals surface area contributed by atoms with Crippen LogP contribution in [0.5, 0.6) is 0 Å². The smallest absolute Gasteiger partial charge is 0.319 e. The van der Waals surface area contributed by atoms with E-state index in [2.05, 4.69) is 4.98 Å². The fraction of sp³-hybridized carbons (Fsp3) is 0.333. The van der Waals surface area contributed by atoms with Gasteiger partial charge in [0.2, 0.25) is 0 Å². The van der Waals surface area contributed by atoms with Crippen LogP contribution < -0.4 is 0 Å². The maximum Gasteiger partial charge on any atom is 0.319 e. The fourth-order valence-corrected chi connectivity index (χ4v) is 2.12. The van der Waals surface area contributed by atoms with Crippen LogP contribution in [0, 0.1) is 13.8 Å². The molecule has 1 aromatic carbocycles. The van der Waals surface area contributed by atoms with Gasteiger partial charge in [0.05, 0.1) is 6.54 Å². The summed E-state index contributed by atoms with van der Waals surface area (Å²) in [4.78, 5) is 17.7. The van der Waals surface area contributed by atoms with Gasteiger partial charge in [0.15, 0.2) is 0 Å². The molecule has 4 nitrogen and oxygen atoms in total. The molecule has 0 aliphatic rings.